The Hall–Kier alpha value is -1.04. The number of aryl methyl sites for hydroxylation is 1. The van der Waals surface area contributed by atoms with Gasteiger partial charge < -0.3 is 5.11 Å². The van der Waals surface area contributed by atoms with Crippen molar-refractivity contribution >= 4 is 18.0 Å². The summed E-state index contributed by atoms with van der Waals surface area (Å²) in [7, 11) is 0. The summed E-state index contributed by atoms with van der Waals surface area (Å²) in [5, 5.41) is 17.2. The van der Waals surface area contributed by atoms with Crippen LogP contribution in [0.2, 0.25) is 0 Å². The molecule has 1 aromatic carbocycles. The number of carboxylic acid groups (broad SMARTS) is 1. The van der Waals surface area contributed by atoms with Gasteiger partial charge in [-0.1, -0.05) is 6.07 Å². The molecule has 1 aromatic rings. The van der Waals surface area contributed by atoms with Crippen molar-refractivity contribution in [2.24, 2.45) is 0 Å². The van der Waals surface area contributed by atoms with E-state index in [2.05, 4.69) is 4.33 Å². The summed E-state index contributed by atoms with van der Waals surface area (Å²) in [6.45, 7) is 3.41. The second kappa shape index (κ2) is 4.45. The second-order valence-electron chi connectivity index (χ2n) is 2.84. The van der Waals surface area contributed by atoms with Crippen LogP contribution in [0.15, 0.2) is 17.0 Å². The number of aromatic carboxylic acids is 1. The molecule has 76 valence electrons. The average Bonchev–Trinajstić information content (AvgIpc) is 2.10. The molecule has 0 spiro atoms. The Kier molecular flexibility index (Phi) is 3.51. The maximum Gasteiger partial charge on any atom is 0.336 e. The number of hydrogen-bond acceptors (Lipinski definition) is 4. The smallest absolute Gasteiger partial charge is 0.336 e. The Bertz CT molecular complexity index is 362. The van der Waals surface area contributed by atoms with Gasteiger partial charge >= 0.3 is 5.97 Å². The second-order valence-corrected chi connectivity index (χ2v) is 3.60. The van der Waals surface area contributed by atoms with Gasteiger partial charge in [-0.25, -0.2) is 10.1 Å². The van der Waals surface area contributed by atoms with Crippen molar-refractivity contribution in [1.82, 2.24) is 0 Å². The molecule has 0 fully saturated rings. The van der Waals surface area contributed by atoms with Gasteiger partial charge in [0.1, 0.15) is 0 Å². The largest absolute Gasteiger partial charge is 0.478 e. The topological polar surface area (TPSA) is 66.8 Å². The van der Waals surface area contributed by atoms with Crippen LogP contribution in [-0.2, 0) is 4.33 Å². The average molecular weight is 214 g/mol. The van der Waals surface area contributed by atoms with Crippen LogP contribution in [0.1, 0.15) is 21.5 Å². The minimum Gasteiger partial charge on any atom is -0.478 e. The molecule has 5 heteroatoms. The lowest BCUT2D eigenvalue weighted by Crippen LogP contribution is -2.03. The molecule has 0 amide bonds. The first kappa shape index (κ1) is 11.0. The fourth-order valence-electron chi connectivity index (χ4n) is 1.29. The summed E-state index contributed by atoms with van der Waals surface area (Å²) < 4.78 is 3.91. The lowest BCUT2D eigenvalue weighted by Gasteiger charge is -2.08. The molecular formula is C9H10O4S. The molecule has 2 N–H and O–H groups in total. The number of rotatable bonds is 3. The van der Waals surface area contributed by atoms with Gasteiger partial charge in [0, 0.05) is 4.90 Å². The van der Waals surface area contributed by atoms with Crippen LogP contribution in [0.4, 0.5) is 0 Å². The Labute approximate surface area is 85.7 Å². The standard InChI is InChI=1S/C9H10O4S/c1-5-3-4-7(14-13-12)6(2)8(5)9(10)11/h3-4,12H,1-2H3,(H,10,11). The van der Waals surface area contributed by atoms with Crippen molar-refractivity contribution in [3.8, 4) is 0 Å². The van der Waals surface area contributed by atoms with Crippen LogP contribution in [0.25, 0.3) is 0 Å². The third-order valence-corrected chi connectivity index (χ3v) is 2.66. The van der Waals surface area contributed by atoms with Crippen molar-refractivity contribution in [3.63, 3.8) is 0 Å². The first-order valence-electron chi connectivity index (χ1n) is 3.89. The zero-order valence-electron chi connectivity index (χ0n) is 7.77. The van der Waals surface area contributed by atoms with Crippen LogP contribution >= 0.6 is 12.0 Å². The minimum absolute atomic E-state index is 0.257. The van der Waals surface area contributed by atoms with E-state index in [0.717, 1.165) is 12.0 Å². The highest BCUT2D eigenvalue weighted by Crippen LogP contribution is 2.26. The van der Waals surface area contributed by atoms with Crippen molar-refractivity contribution in [2.75, 3.05) is 0 Å². The van der Waals surface area contributed by atoms with E-state index < -0.39 is 5.97 Å². The van der Waals surface area contributed by atoms with Crippen LogP contribution in [0.5, 0.6) is 0 Å². The molecule has 0 aliphatic heterocycles. The predicted molar refractivity (Wildman–Crippen MR) is 52.4 cm³/mol. The van der Waals surface area contributed by atoms with Gasteiger partial charge in [0.2, 0.25) is 0 Å². The first-order valence-corrected chi connectivity index (χ1v) is 4.63. The van der Waals surface area contributed by atoms with Crippen LogP contribution in [0, 0.1) is 13.8 Å². The fourth-order valence-corrected chi connectivity index (χ4v) is 1.72. The number of hydrogen-bond donors (Lipinski definition) is 2. The molecule has 0 saturated heterocycles. The molecule has 0 atom stereocenters. The summed E-state index contributed by atoms with van der Waals surface area (Å²) in [4.78, 5) is 11.5. The summed E-state index contributed by atoms with van der Waals surface area (Å²) >= 11 is 0.734. The predicted octanol–water partition coefficient (Wildman–Crippen LogP) is 2.50. The normalized spacial score (nSPS) is 10.2. The van der Waals surface area contributed by atoms with Gasteiger partial charge in [-0.15, -0.1) is 0 Å². The fraction of sp³-hybridized carbons (Fsp3) is 0.222. The molecule has 0 heterocycles. The summed E-state index contributed by atoms with van der Waals surface area (Å²) in [5.41, 5.74) is 1.54. The third kappa shape index (κ3) is 2.06. The lowest BCUT2D eigenvalue weighted by atomic mass is 10.0. The van der Waals surface area contributed by atoms with Crippen molar-refractivity contribution < 1.29 is 19.5 Å². The number of benzene rings is 1. The van der Waals surface area contributed by atoms with E-state index in [0.29, 0.717) is 16.0 Å². The van der Waals surface area contributed by atoms with E-state index in [1.807, 2.05) is 0 Å². The number of carbonyl (C=O) groups is 1. The molecule has 0 aromatic heterocycles. The lowest BCUT2D eigenvalue weighted by molar-refractivity contribution is -0.116. The van der Waals surface area contributed by atoms with E-state index in [9.17, 15) is 4.79 Å². The zero-order chi connectivity index (χ0) is 10.7. The van der Waals surface area contributed by atoms with E-state index in [1.165, 1.54) is 0 Å². The summed E-state index contributed by atoms with van der Waals surface area (Å²) in [6, 6.07) is 3.38. The van der Waals surface area contributed by atoms with Crippen molar-refractivity contribution in [1.29, 1.82) is 0 Å². The summed E-state index contributed by atoms with van der Waals surface area (Å²) in [5.74, 6) is -0.972. The van der Waals surface area contributed by atoms with Gasteiger partial charge in [0.05, 0.1) is 17.6 Å². The van der Waals surface area contributed by atoms with Gasteiger partial charge in [0.25, 0.3) is 0 Å². The highest BCUT2D eigenvalue weighted by Gasteiger charge is 2.14. The van der Waals surface area contributed by atoms with Gasteiger partial charge in [0.15, 0.2) is 0 Å². The molecule has 0 unspecified atom stereocenters. The highest BCUT2D eigenvalue weighted by atomic mass is 32.2. The van der Waals surface area contributed by atoms with Gasteiger partial charge in [-0.3, -0.25) is 0 Å². The maximum atomic E-state index is 10.9. The maximum absolute atomic E-state index is 10.9. The van der Waals surface area contributed by atoms with Crippen molar-refractivity contribution in [3.05, 3.63) is 28.8 Å². The Balaban J connectivity index is 3.26. The monoisotopic (exact) mass is 214 g/mol. The molecule has 0 bridgehead atoms. The minimum atomic E-state index is -0.972. The highest BCUT2D eigenvalue weighted by molar-refractivity contribution is 7.94. The Morgan fingerprint density at radius 3 is 2.57 bits per heavy atom. The van der Waals surface area contributed by atoms with Gasteiger partial charge in [-0.2, -0.15) is 4.33 Å². The Morgan fingerprint density at radius 2 is 2.07 bits per heavy atom. The van der Waals surface area contributed by atoms with Crippen molar-refractivity contribution in [2.45, 2.75) is 18.7 Å². The van der Waals surface area contributed by atoms with Crippen LogP contribution in [0.3, 0.4) is 0 Å². The van der Waals surface area contributed by atoms with Gasteiger partial charge in [-0.05, 0) is 31.0 Å². The molecule has 0 radical (unpaired) electrons. The molecule has 14 heavy (non-hydrogen) atoms. The quantitative estimate of drug-likeness (QED) is 0.459. The van der Waals surface area contributed by atoms with E-state index >= 15 is 0 Å². The van der Waals surface area contributed by atoms with Crippen LogP contribution in [-0.4, -0.2) is 16.3 Å². The molecule has 4 nitrogen and oxygen atoms in total. The summed E-state index contributed by atoms with van der Waals surface area (Å²) in [6.07, 6.45) is 0. The molecule has 0 aliphatic carbocycles. The van der Waals surface area contributed by atoms with E-state index in [4.69, 9.17) is 10.4 Å². The van der Waals surface area contributed by atoms with E-state index in [1.54, 1.807) is 26.0 Å². The molecule has 0 aliphatic rings. The number of carboxylic acids is 1. The van der Waals surface area contributed by atoms with E-state index in [-0.39, 0.29) is 5.56 Å². The SMILES string of the molecule is Cc1ccc(SOO)c(C)c1C(=O)O. The first-order chi connectivity index (χ1) is 6.57. The molecule has 1 rings (SSSR count). The third-order valence-electron chi connectivity index (χ3n) is 1.96. The molecule has 0 saturated carbocycles. The zero-order valence-corrected chi connectivity index (χ0v) is 8.59. The molecular weight excluding hydrogens is 204 g/mol. The van der Waals surface area contributed by atoms with Crippen LogP contribution < -0.4 is 0 Å². The Morgan fingerprint density at radius 1 is 1.43 bits per heavy atom.